The predicted molar refractivity (Wildman–Crippen MR) is 86.4 cm³/mol. The van der Waals surface area contributed by atoms with Crippen molar-refractivity contribution >= 4 is 17.5 Å². The van der Waals surface area contributed by atoms with E-state index in [4.69, 9.17) is 9.47 Å². The Kier molecular flexibility index (Phi) is 4.00. The molecule has 1 aromatic rings. The monoisotopic (exact) mass is 314 g/mol. The number of carbonyl (C=O) groups excluding carboxylic acids is 2. The summed E-state index contributed by atoms with van der Waals surface area (Å²) in [6.45, 7) is 0. The Bertz CT molecular complexity index is 643. The molecule has 1 unspecified atom stereocenters. The Hall–Kier alpha value is -2.10. The van der Waals surface area contributed by atoms with Crippen molar-refractivity contribution < 1.29 is 19.1 Å². The SMILES string of the molecule is COC(=O)CC1(C(=O)OC)CC=C(c2ccccc2)C2(CC2)C1. The summed E-state index contributed by atoms with van der Waals surface area (Å²) in [4.78, 5) is 24.3. The lowest BCUT2D eigenvalue weighted by Crippen LogP contribution is -2.39. The predicted octanol–water partition coefficient (Wildman–Crippen LogP) is 3.37. The van der Waals surface area contributed by atoms with Crippen molar-refractivity contribution in [2.75, 3.05) is 14.2 Å². The normalized spacial score (nSPS) is 24.7. The van der Waals surface area contributed by atoms with Gasteiger partial charge in [0.05, 0.1) is 26.1 Å². The summed E-state index contributed by atoms with van der Waals surface area (Å²) in [5.74, 6) is -0.666. The van der Waals surface area contributed by atoms with Gasteiger partial charge in [0.1, 0.15) is 0 Å². The maximum Gasteiger partial charge on any atom is 0.312 e. The van der Waals surface area contributed by atoms with E-state index in [0.29, 0.717) is 12.8 Å². The maximum absolute atomic E-state index is 12.4. The molecule has 0 saturated heterocycles. The van der Waals surface area contributed by atoms with Crippen molar-refractivity contribution in [2.24, 2.45) is 10.8 Å². The van der Waals surface area contributed by atoms with Gasteiger partial charge in [-0.15, -0.1) is 0 Å². The molecule has 23 heavy (non-hydrogen) atoms. The molecule has 122 valence electrons. The molecule has 3 rings (SSSR count). The van der Waals surface area contributed by atoms with E-state index in [-0.39, 0.29) is 23.8 Å². The van der Waals surface area contributed by atoms with Gasteiger partial charge < -0.3 is 9.47 Å². The first-order chi connectivity index (χ1) is 11.1. The van der Waals surface area contributed by atoms with Gasteiger partial charge in [-0.25, -0.2) is 0 Å². The molecule has 1 atom stereocenters. The lowest BCUT2D eigenvalue weighted by atomic mass is 9.65. The van der Waals surface area contributed by atoms with E-state index in [2.05, 4.69) is 18.2 Å². The van der Waals surface area contributed by atoms with Crippen LogP contribution in [0.5, 0.6) is 0 Å². The van der Waals surface area contributed by atoms with Crippen molar-refractivity contribution in [2.45, 2.75) is 32.1 Å². The molecule has 1 aromatic carbocycles. The molecular formula is C19H22O4. The lowest BCUT2D eigenvalue weighted by Gasteiger charge is -2.38. The van der Waals surface area contributed by atoms with Gasteiger partial charge in [0.2, 0.25) is 0 Å². The molecule has 0 aromatic heterocycles. The Labute approximate surface area is 136 Å². The van der Waals surface area contributed by atoms with E-state index in [1.54, 1.807) is 0 Å². The number of rotatable bonds is 4. The van der Waals surface area contributed by atoms with Gasteiger partial charge in [-0.1, -0.05) is 36.4 Å². The molecule has 0 amide bonds. The van der Waals surface area contributed by atoms with E-state index in [0.717, 1.165) is 12.8 Å². The number of esters is 2. The van der Waals surface area contributed by atoms with Gasteiger partial charge in [0.15, 0.2) is 0 Å². The van der Waals surface area contributed by atoms with E-state index in [1.807, 2.05) is 18.2 Å². The van der Waals surface area contributed by atoms with Crippen molar-refractivity contribution in [1.82, 2.24) is 0 Å². The van der Waals surface area contributed by atoms with Crippen LogP contribution in [0.25, 0.3) is 5.57 Å². The van der Waals surface area contributed by atoms with Crippen LogP contribution in [-0.2, 0) is 19.1 Å². The highest BCUT2D eigenvalue weighted by molar-refractivity contribution is 5.86. The molecule has 0 radical (unpaired) electrons. The minimum absolute atomic E-state index is 0.00180. The first-order valence-corrected chi connectivity index (χ1v) is 7.97. The smallest absolute Gasteiger partial charge is 0.312 e. The Morgan fingerprint density at radius 2 is 1.78 bits per heavy atom. The fraction of sp³-hybridized carbons (Fsp3) is 0.474. The number of carbonyl (C=O) groups is 2. The van der Waals surface area contributed by atoms with Crippen LogP contribution in [0.4, 0.5) is 0 Å². The highest BCUT2D eigenvalue weighted by Crippen LogP contribution is 2.65. The topological polar surface area (TPSA) is 52.6 Å². The quantitative estimate of drug-likeness (QED) is 0.800. The van der Waals surface area contributed by atoms with E-state index >= 15 is 0 Å². The van der Waals surface area contributed by atoms with Crippen LogP contribution in [0, 0.1) is 10.8 Å². The Morgan fingerprint density at radius 1 is 1.09 bits per heavy atom. The number of ether oxygens (including phenoxy) is 2. The van der Waals surface area contributed by atoms with Gasteiger partial charge in [0.25, 0.3) is 0 Å². The van der Waals surface area contributed by atoms with E-state index in [9.17, 15) is 9.59 Å². The second-order valence-corrected chi connectivity index (χ2v) is 6.67. The zero-order valence-corrected chi connectivity index (χ0v) is 13.6. The minimum Gasteiger partial charge on any atom is -0.469 e. The Balaban J connectivity index is 1.96. The molecule has 1 saturated carbocycles. The molecule has 2 aliphatic carbocycles. The molecule has 0 heterocycles. The largest absolute Gasteiger partial charge is 0.469 e. The number of methoxy groups -OCH3 is 2. The zero-order chi connectivity index (χ0) is 16.5. The van der Waals surface area contributed by atoms with Crippen molar-refractivity contribution in [1.29, 1.82) is 0 Å². The van der Waals surface area contributed by atoms with E-state index in [1.165, 1.54) is 25.4 Å². The number of allylic oxidation sites excluding steroid dienone is 2. The standard InChI is InChI=1S/C19H22O4/c1-22-16(20)12-19(17(21)23-2)9-8-15(18(13-19)10-11-18)14-6-4-3-5-7-14/h3-8H,9-13H2,1-2H3. The summed E-state index contributed by atoms with van der Waals surface area (Å²) in [7, 11) is 2.74. The maximum atomic E-state index is 12.4. The highest BCUT2D eigenvalue weighted by Gasteiger charge is 2.57. The number of hydrogen-bond donors (Lipinski definition) is 0. The molecule has 0 aliphatic heterocycles. The molecular weight excluding hydrogens is 292 g/mol. The lowest BCUT2D eigenvalue weighted by molar-refractivity contribution is -0.161. The highest BCUT2D eigenvalue weighted by atomic mass is 16.5. The average Bonchev–Trinajstić information content (AvgIpc) is 3.34. The third-order valence-corrected chi connectivity index (χ3v) is 5.21. The second-order valence-electron chi connectivity index (χ2n) is 6.67. The van der Waals surface area contributed by atoms with Crippen LogP contribution >= 0.6 is 0 Å². The molecule has 0 bridgehead atoms. The molecule has 1 spiro atoms. The Morgan fingerprint density at radius 3 is 2.35 bits per heavy atom. The third-order valence-electron chi connectivity index (χ3n) is 5.21. The average molecular weight is 314 g/mol. The van der Waals surface area contributed by atoms with Crippen molar-refractivity contribution in [3.05, 3.63) is 42.0 Å². The van der Waals surface area contributed by atoms with Crippen LogP contribution in [-0.4, -0.2) is 26.2 Å². The van der Waals surface area contributed by atoms with Gasteiger partial charge in [0, 0.05) is 0 Å². The summed E-state index contributed by atoms with van der Waals surface area (Å²) < 4.78 is 9.83. The minimum atomic E-state index is -0.795. The van der Waals surface area contributed by atoms with E-state index < -0.39 is 5.41 Å². The summed E-state index contributed by atoms with van der Waals surface area (Å²) in [6.07, 6.45) is 5.48. The fourth-order valence-electron chi connectivity index (χ4n) is 3.90. The molecule has 2 aliphatic rings. The van der Waals surface area contributed by atoms with Crippen molar-refractivity contribution in [3.8, 4) is 0 Å². The molecule has 0 N–H and O–H groups in total. The van der Waals surface area contributed by atoms with Gasteiger partial charge in [-0.2, -0.15) is 0 Å². The van der Waals surface area contributed by atoms with Crippen molar-refractivity contribution in [3.63, 3.8) is 0 Å². The number of hydrogen-bond acceptors (Lipinski definition) is 4. The summed E-state index contributed by atoms with van der Waals surface area (Å²) in [6, 6.07) is 10.3. The molecule has 4 nitrogen and oxygen atoms in total. The first-order valence-electron chi connectivity index (χ1n) is 7.97. The molecule has 1 fully saturated rings. The second kappa shape index (κ2) is 5.84. The zero-order valence-electron chi connectivity index (χ0n) is 13.6. The van der Waals surface area contributed by atoms with Crippen LogP contribution in [0.3, 0.4) is 0 Å². The van der Waals surface area contributed by atoms with Crippen LogP contribution in [0.15, 0.2) is 36.4 Å². The van der Waals surface area contributed by atoms with Gasteiger partial charge in [-0.05, 0) is 42.2 Å². The first kappa shape index (κ1) is 15.8. The summed E-state index contributed by atoms with van der Waals surface area (Å²) in [5, 5.41) is 0. The van der Waals surface area contributed by atoms with Crippen LogP contribution in [0.2, 0.25) is 0 Å². The summed E-state index contributed by atoms with van der Waals surface area (Å²) >= 11 is 0. The third kappa shape index (κ3) is 2.78. The number of benzene rings is 1. The van der Waals surface area contributed by atoms with Crippen LogP contribution in [0.1, 0.15) is 37.7 Å². The van der Waals surface area contributed by atoms with Gasteiger partial charge in [-0.3, -0.25) is 9.59 Å². The fourth-order valence-corrected chi connectivity index (χ4v) is 3.90. The van der Waals surface area contributed by atoms with Gasteiger partial charge >= 0.3 is 11.9 Å². The molecule has 4 heteroatoms. The van der Waals surface area contributed by atoms with Crippen LogP contribution < -0.4 is 0 Å². The summed E-state index contributed by atoms with van der Waals surface area (Å²) in [5.41, 5.74) is 1.72.